The highest BCUT2D eigenvalue weighted by Crippen LogP contribution is 2.16. The van der Waals surface area contributed by atoms with Crippen LogP contribution in [0, 0.1) is 5.92 Å². The lowest BCUT2D eigenvalue weighted by Gasteiger charge is -2.41. The Morgan fingerprint density at radius 1 is 1.39 bits per heavy atom. The van der Waals surface area contributed by atoms with Crippen LogP contribution in [0.25, 0.3) is 0 Å². The summed E-state index contributed by atoms with van der Waals surface area (Å²) in [6.45, 7) is 7.63. The minimum Gasteiger partial charge on any atom is -0.371 e. The van der Waals surface area contributed by atoms with Crippen molar-refractivity contribution in [3.8, 4) is 0 Å². The molecule has 0 radical (unpaired) electrons. The second-order valence-corrected chi connectivity index (χ2v) is 5.28. The maximum Gasteiger partial charge on any atom is 0.411 e. The van der Waals surface area contributed by atoms with E-state index >= 15 is 0 Å². The number of alkyl halides is 3. The second kappa shape index (κ2) is 6.73. The lowest BCUT2D eigenvalue weighted by molar-refractivity contribution is -0.175. The molecule has 1 fully saturated rings. The first-order valence-corrected chi connectivity index (χ1v) is 6.41. The standard InChI is InChI=1S/C12H23F3N2O/c1-9(2)11-6-16-10(3)7-17(11)4-5-18-8-12(13,14)15/h9-11,16H,4-8H2,1-3H3. The summed E-state index contributed by atoms with van der Waals surface area (Å²) in [6.07, 6.45) is -4.23. The fourth-order valence-electron chi connectivity index (χ4n) is 2.29. The Balaban J connectivity index is 2.32. The summed E-state index contributed by atoms with van der Waals surface area (Å²) >= 11 is 0. The van der Waals surface area contributed by atoms with E-state index in [1.165, 1.54) is 0 Å². The summed E-state index contributed by atoms with van der Waals surface area (Å²) in [5, 5.41) is 3.40. The van der Waals surface area contributed by atoms with Crippen molar-refractivity contribution in [1.82, 2.24) is 10.2 Å². The quantitative estimate of drug-likeness (QED) is 0.771. The number of hydrogen-bond acceptors (Lipinski definition) is 3. The van der Waals surface area contributed by atoms with E-state index in [0.29, 0.717) is 24.5 Å². The van der Waals surface area contributed by atoms with E-state index in [1.807, 2.05) is 0 Å². The lowest BCUT2D eigenvalue weighted by atomic mass is 9.99. The van der Waals surface area contributed by atoms with Crippen molar-refractivity contribution in [2.45, 2.75) is 39.0 Å². The molecule has 18 heavy (non-hydrogen) atoms. The van der Waals surface area contributed by atoms with Crippen molar-refractivity contribution in [2.24, 2.45) is 5.92 Å². The third kappa shape index (κ3) is 5.54. The molecule has 0 aromatic carbocycles. The molecule has 0 aromatic heterocycles. The predicted molar refractivity (Wildman–Crippen MR) is 64.5 cm³/mol. The minimum atomic E-state index is -4.23. The number of nitrogens with zero attached hydrogens (tertiary/aromatic N) is 1. The van der Waals surface area contributed by atoms with Crippen molar-refractivity contribution >= 4 is 0 Å². The zero-order chi connectivity index (χ0) is 13.8. The summed E-state index contributed by atoms with van der Waals surface area (Å²) < 4.78 is 40.5. The Kier molecular flexibility index (Phi) is 5.88. The molecule has 2 unspecified atom stereocenters. The molecule has 1 rings (SSSR count). The highest BCUT2D eigenvalue weighted by atomic mass is 19.4. The van der Waals surface area contributed by atoms with Crippen LogP contribution in [0.2, 0.25) is 0 Å². The van der Waals surface area contributed by atoms with Gasteiger partial charge in [0.05, 0.1) is 6.61 Å². The maximum atomic E-state index is 11.9. The first kappa shape index (κ1) is 15.7. The molecule has 0 aromatic rings. The first-order chi connectivity index (χ1) is 8.29. The number of rotatable bonds is 5. The second-order valence-electron chi connectivity index (χ2n) is 5.28. The van der Waals surface area contributed by atoms with Crippen LogP contribution in [-0.2, 0) is 4.74 Å². The van der Waals surface area contributed by atoms with E-state index in [9.17, 15) is 13.2 Å². The van der Waals surface area contributed by atoms with Crippen LogP contribution >= 0.6 is 0 Å². The van der Waals surface area contributed by atoms with Crippen LogP contribution in [0.3, 0.4) is 0 Å². The molecule has 2 atom stereocenters. The smallest absolute Gasteiger partial charge is 0.371 e. The lowest BCUT2D eigenvalue weighted by Crippen LogP contribution is -2.57. The van der Waals surface area contributed by atoms with Gasteiger partial charge in [0.2, 0.25) is 0 Å². The highest BCUT2D eigenvalue weighted by Gasteiger charge is 2.29. The van der Waals surface area contributed by atoms with E-state index in [4.69, 9.17) is 0 Å². The number of ether oxygens (including phenoxy) is 1. The molecule has 1 saturated heterocycles. The molecule has 0 aliphatic carbocycles. The average molecular weight is 268 g/mol. The van der Waals surface area contributed by atoms with Gasteiger partial charge in [-0.3, -0.25) is 4.90 Å². The summed E-state index contributed by atoms with van der Waals surface area (Å²) in [5.74, 6) is 0.479. The van der Waals surface area contributed by atoms with Crippen molar-refractivity contribution < 1.29 is 17.9 Å². The molecule has 108 valence electrons. The Morgan fingerprint density at radius 3 is 2.61 bits per heavy atom. The molecule has 1 heterocycles. The number of hydrogen-bond donors (Lipinski definition) is 1. The summed E-state index contributed by atoms with van der Waals surface area (Å²) in [4.78, 5) is 2.22. The Hall–Kier alpha value is -0.330. The number of halogens is 3. The molecular formula is C12H23F3N2O. The van der Waals surface area contributed by atoms with Gasteiger partial charge < -0.3 is 10.1 Å². The van der Waals surface area contributed by atoms with Gasteiger partial charge in [0.15, 0.2) is 0 Å². The van der Waals surface area contributed by atoms with Crippen LogP contribution < -0.4 is 5.32 Å². The van der Waals surface area contributed by atoms with Gasteiger partial charge in [-0.25, -0.2) is 0 Å². The van der Waals surface area contributed by atoms with Gasteiger partial charge in [0.25, 0.3) is 0 Å². The SMILES string of the molecule is CC1CN(CCOCC(F)(F)F)C(C(C)C)CN1. The van der Waals surface area contributed by atoms with E-state index in [0.717, 1.165) is 13.1 Å². The average Bonchev–Trinajstić information content (AvgIpc) is 2.22. The monoisotopic (exact) mass is 268 g/mol. The van der Waals surface area contributed by atoms with Gasteiger partial charge in [0.1, 0.15) is 6.61 Å². The highest BCUT2D eigenvalue weighted by molar-refractivity contribution is 4.85. The largest absolute Gasteiger partial charge is 0.411 e. The Labute approximate surface area is 107 Å². The molecule has 1 aliphatic heterocycles. The van der Waals surface area contributed by atoms with E-state index in [2.05, 4.69) is 35.7 Å². The molecule has 0 spiro atoms. The number of nitrogens with one attached hydrogen (secondary N) is 1. The molecular weight excluding hydrogens is 245 g/mol. The van der Waals surface area contributed by atoms with Gasteiger partial charge in [-0.1, -0.05) is 13.8 Å². The third-order valence-corrected chi connectivity index (χ3v) is 3.21. The summed E-state index contributed by atoms with van der Waals surface area (Å²) in [6, 6.07) is 0.748. The molecule has 1 aliphatic rings. The molecule has 3 nitrogen and oxygen atoms in total. The van der Waals surface area contributed by atoms with Crippen LogP contribution in [0.15, 0.2) is 0 Å². The third-order valence-electron chi connectivity index (χ3n) is 3.21. The van der Waals surface area contributed by atoms with Crippen molar-refractivity contribution in [3.05, 3.63) is 0 Å². The van der Waals surface area contributed by atoms with E-state index < -0.39 is 12.8 Å². The van der Waals surface area contributed by atoms with Crippen molar-refractivity contribution in [1.29, 1.82) is 0 Å². The summed E-state index contributed by atoms with van der Waals surface area (Å²) in [7, 11) is 0. The molecule has 1 N–H and O–H groups in total. The van der Waals surface area contributed by atoms with E-state index in [1.54, 1.807) is 0 Å². The minimum absolute atomic E-state index is 0.134. The van der Waals surface area contributed by atoms with Crippen LogP contribution in [0.5, 0.6) is 0 Å². The van der Waals surface area contributed by atoms with Crippen LogP contribution in [0.4, 0.5) is 13.2 Å². The van der Waals surface area contributed by atoms with Crippen molar-refractivity contribution in [3.63, 3.8) is 0 Å². The van der Waals surface area contributed by atoms with Gasteiger partial charge in [0, 0.05) is 31.7 Å². The van der Waals surface area contributed by atoms with Gasteiger partial charge in [-0.05, 0) is 12.8 Å². The Morgan fingerprint density at radius 2 is 2.06 bits per heavy atom. The summed E-state index contributed by atoms with van der Waals surface area (Å²) in [5.41, 5.74) is 0. The van der Waals surface area contributed by atoms with Gasteiger partial charge in [-0.2, -0.15) is 13.2 Å². The van der Waals surface area contributed by atoms with Gasteiger partial charge >= 0.3 is 6.18 Å². The zero-order valence-electron chi connectivity index (χ0n) is 11.3. The van der Waals surface area contributed by atoms with Gasteiger partial charge in [-0.15, -0.1) is 0 Å². The Bertz CT molecular complexity index is 246. The normalized spacial score (nSPS) is 26.8. The molecule has 6 heteroatoms. The van der Waals surface area contributed by atoms with Crippen LogP contribution in [0.1, 0.15) is 20.8 Å². The molecule has 0 amide bonds. The topological polar surface area (TPSA) is 24.5 Å². The fourth-order valence-corrected chi connectivity index (χ4v) is 2.29. The fraction of sp³-hybridized carbons (Fsp3) is 1.00. The van der Waals surface area contributed by atoms with E-state index in [-0.39, 0.29) is 6.61 Å². The predicted octanol–water partition coefficient (Wildman–Crippen LogP) is 1.88. The first-order valence-electron chi connectivity index (χ1n) is 6.41. The molecule has 0 saturated carbocycles. The zero-order valence-corrected chi connectivity index (χ0v) is 11.3. The number of piperazine rings is 1. The maximum absolute atomic E-state index is 11.9. The molecule has 0 bridgehead atoms. The van der Waals surface area contributed by atoms with Crippen LogP contribution in [-0.4, -0.2) is 56.0 Å². The van der Waals surface area contributed by atoms with Crippen molar-refractivity contribution in [2.75, 3.05) is 32.8 Å².